The first kappa shape index (κ1) is 15.7. The molecular formula is C14H21NO3S. The van der Waals surface area contributed by atoms with Crippen molar-refractivity contribution in [2.24, 2.45) is 5.92 Å². The highest BCUT2D eigenvalue weighted by atomic mass is 32.1. The van der Waals surface area contributed by atoms with Crippen LogP contribution in [0.4, 0.5) is 0 Å². The molecular weight excluding hydrogens is 262 g/mol. The number of carbonyl (C=O) groups excluding carboxylic acids is 1. The molecule has 1 atom stereocenters. The molecule has 1 unspecified atom stereocenters. The molecule has 0 radical (unpaired) electrons. The summed E-state index contributed by atoms with van der Waals surface area (Å²) < 4.78 is 0. The van der Waals surface area contributed by atoms with Crippen LogP contribution in [0.25, 0.3) is 0 Å². The molecule has 19 heavy (non-hydrogen) atoms. The molecule has 0 saturated heterocycles. The Morgan fingerprint density at radius 3 is 2.47 bits per heavy atom. The van der Waals surface area contributed by atoms with E-state index in [-0.39, 0.29) is 11.8 Å². The Bertz CT molecular complexity index is 465. The second kappa shape index (κ2) is 6.70. The smallest absolute Gasteiger partial charge is 0.326 e. The third kappa shape index (κ3) is 4.35. The molecule has 4 nitrogen and oxygen atoms in total. The van der Waals surface area contributed by atoms with Crippen molar-refractivity contribution in [1.82, 2.24) is 5.32 Å². The molecule has 0 spiro atoms. The van der Waals surface area contributed by atoms with Crippen molar-refractivity contribution in [3.8, 4) is 0 Å². The first-order chi connectivity index (χ1) is 8.85. The maximum atomic E-state index is 12.1. The van der Waals surface area contributed by atoms with Crippen LogP contribution in [-0.2, 0) is 11.2 Å². The summed E-state index contributed by atoms with van der Waals surface area (Å²) in [6.45, 7) is 7.88. The third-order valence-corrected chi connectivity index (χ3v) is 4.26. The molecule has 1 heterocycles. The van der Waals surface area contributed by atoms with Gasteiger partial charge in [0.15, 0.2) is 0 Å². The van der Waals surface area contributed by atoms with Crippen LogP contribution in [0, 0.1) is 12.8 Å². The van der Waals surface area contributed by atoms with Crippen molar-refractivity contribution >= 4 is 23.2 Å². The van der Waals surface area contributed by atoms with Gasteiger partial charge < -0.3 is 10.4 Å². The quantitative estimate of drug-likeness (QED) is 0.843. The molecule has 0 bridgehead atoms. The molecule has 0 aromatic carbocycles. The Labute approximate surface area is 117 Å². The van der Waals surface area contributed by atoms with Crippen LogP contribution >= 0.6 is 11.3 Å². The molecule has 0 fully saturated rings. The maximum Gasteiger partial charge on any atom is 0.326 e. The van der Waals surface area contributed by atoms with Crippen LogP contribution < -0.4 is 5.32 Å². The van der Waals surface area contributed by atoms with Gasteiger partial charge in [-0.05, 0) is 37.3 Å². The molecule has 2 N–H and O–H groups in total. The van der Waals surface area contributed by atoms with Crippen LogP contribution in [0.1, 0.15) is 47.3 Å². The van der Waals surface area contributed by atoms with E-state index in [1.165, 1.54) is 16.2 Å². The molecule has 1 rings (SSSR count). The molecule has 1 aromatic heterocycles. The SMILES string of the molecule is CCc1sc(C(=O)NC(CC(C)C)C(=O)O)cc1C. The van der Waals surface area contributed by atoms with Crippen molar-refractivity contribution in [1.29, 1.82) is 0 Å². The lowest BCUT2D eigenvalue weighted by Gasteiger charge is -2.15. The number of amides is 1. The zero-order valence-corrected chi connectivity index (χ0v) is 12.6. The third-order valence-electron chi connectivity index (χ3n) is 2.88. The Hall–Kier alpha value is -1.36. The van der Waals surface area contributed by atoms with Gasteiger partial charge in [0.25, 0.3) is 5.91 Å². The minimum absolute atomic E-state index is 0.220. The van der Waals surface area contributed by atoms with E-state index in [4.69, 9.17) is 5.11 Å². The second-order valence-electron chi connectivity index (χ2n) is 5.06. The average Bonchev–Trinajstić information content (AvgIpc) is 2.69. The van der Waals surface area contributed by atoms with Gasteiger partial charge in [0.2, 0.25) is 0 Å². The lowest BCUT2D eigenvalue weighted by Crippen LogP contribution is -2.41. The number of nitrogens with one attached hydrogen (secondary N) is 1. The second-order valence-corrected chi connectivity index (χ2v) is 6.20. The summed E-state index contributed by atoms with van der Waals surface area (Å²) in [4.78, 5) is 24.9. The summed E-state index contributed by atoms with van der Waals surface area (Å²) in [6, 6.07) is 1.01. The van der Waals surface area contributed by atoms with E-state index in [0.29, 0.717) is 11.3 Å². The van der Waals surface area contributed by atoms with Gasteiger partial charge in [-0.2, -0.15) is 0 Å². The first-order valence-corrected chi connectivity index (χ1v) is 7.29. The number of carbonyl (C=O) groups is 2. The first-order valence-electron chi connectivity index (χ1n) is 6.48. The van der Waals surface area contributed by atoms with Crippen molar-refractivity contribution in [3.63, 3.8) is 0 Å². The number of carboxylic acid groups (broad SMARTS) is 1. The number of aryl methyl sites for hydroxylation is 2. The zero-order valence-electron chi connectivity index (χ0n) is 11.8. The van der Waals surface area contributed by atoms with Gasteiger partial charge in [0.05, 0.1) is 4.88 Å². The Morgan fingerprint density at radius 2 is 2.05 bits per heavy atom. The Morgan fingerprint density at radius 1 is 1.42 bits per heavy atom. The number of aliphatic carboxylic acids is 1. The number of carboxylic acids is 1. The van der Waals surface area contributed by atoms with Gasteiger partial charge in [-0.3, -0.25) is 4.79 Å². The van der Waals surface area contributed by atoms with E-state index in [1.54, 1.807) is 0 Å². The fourth-order valence-electron chi connectivity index (χ4n) is 1.90. The molecule has 5 heteroatoms. The largest absolute Gasteiger partial charge is 0.480 e. The fourth-order valence-corrected chi connectivity index (χ4v) is 2.92. The topological polar surface area (TPSA) is 66.4 Å². The predicted molar refractivity (Wildman–Crippen MR) is 76.8 cm³/mol. The van der Waals surface area contributed by atoms with Crippen molar-refractivity contribution in [3.05, 3.63) is 21.4 Å². The van der Waals surface area contributed by atoms with E-state index in [0.717, 1.165) is 12.0 Å². The summed E-state index contributed by atoms with van der Waals surface area (Å²) in [6.07, 6.45) is 1.32. The van der Waals surface area contributed by atoms with Gasteiger partial charge in [-0.1, -0.05) is 20.8 Å². The zero-order chi connectivity index (χ0) is 14.6. The van der Waals surface area contributed by atoms with Gasteiger partial charge in [-0.25, -0.2) is 4.79 Å². The number of thiophene rings is 1. The number of rotatable bonds is 6. The summed E-state index contributed by atoms with van der Waals surface area (Å²) in [7, 11) is 0. The standard InChI is InChI=1S/C14H21NO3S/c1-5-11-9(4)7-12(19-11)13(16)15-10(14(17)18)6-8(2)3/h7-8,10H,5-6H2,1-4H3,(H,15,16)(H,17,18). The van der Waals surface area contributed by atoms with Crippen LogP contribution in [0.15, 0.2) is 6.07 Å². The predicted octanol–water partition coefficient (Wildman–Crippen LogP) is 2.85. The van der Waals surface area contributed by atoms with Crippen molar-refractivity contribution in [2.45, 2.75) is 46.6 Å². The monoisotopic (exact) mass is 283 g/mol. The minimum atomic E-state index is -0.981. The lowest BCUT2D eigenvalue weighted by atomic mass is 10.0. The highest BCUT2D eigenvalue weighted by molar-refractivity contribution is 7.14. The Balaban J connectivity index is 2.78. The van der Waals surface area contributed by atoms with E-state index in [9.17, 15) is 9.59 Å². The van der Waals surface area contributed by atoms with Crippen LogP contribution in [0.2, 0.25) is 0 Å². The number of hydrogen-bond acceptors (Lipinski definition) is 3. The van der Waals surface area contributed by atoms with Crippen molar-refractivity contribution in [2.75, 3.05) is 0 Å². The van der Waals surface area contributed by atoms with Crippen LogP contribution in [0.3, 0.4) is 0 Å². The highest BCUT2D eigenvalue weighted by Gasteiger charge is 2.22. The van der Waals surface area contributed by atoms with Crippen LogP contribution in [-0.4, -0.2) is 23.0 Å². The normalized spacial score (nSPS) is 12.5. The fraction of sp³-hybridized carbons (Fsp3) is 0.571. The molecule has 0 aliphatic carbocycles. The van der Waals surface area contributed by atoms with Crippen molar-refractivity contribution < 1.29 is 14.7 Å². The van der Waals surface area contributed by atoms with Gasteiger partial charge in [0, 0.05) is 4.88 Å². The summed E-state index contributed by atoms with van der Waals surface area (Å²) in [5.41, 5.74) is 1.09. The average molecular weight is 283 g/mol. The molecule has 1 amide bonds. The Kier molecular flexibility index (Phi) is 5.54. The molecule has 106 valence electrons. The molecule has 0 saturated carbocycles. The molecule has 0 aliphatic rings. The number of hydrogen-bond donors (Lipinski definition) is 2. The lowest BCUT2D eigenvalue weighted by molar-refractivity contribution is -0.139. The van der Waals surface area contributed by atoms with E-state index >= 15 is 0 Å². The summed E-state index contributed by atoms with van der Waals surface area (Å²) >= 11 is 1.44. The van der Waals surface area contributed by atoms with Gasteiger partial charge >= 0.3 is 5.97 Å². The van der Waals surface area contributed by atoms with Crippen LogP contribution in [0.5, 0.6) is 0 Å². The van der Waals surface area contributed by atoms with E-state index in [2.05, 4.69) is 5.32 Å². The van der Waals surface area contributed by atoms with E-state index in [1.807, 2.05) is 33.8 Å². The summed E-state index contributed by atoms with van der Waals surface area (Å²) in [5, 5.41) is 11.7. The van der Waals surface area contributed by atoms with E-state index < -0.39 is 12.0 Å². The van der Waals surface area contributed by atoms with Gasteiger partial charge in [0.1, 0.15) is 6.04 Å². The summed E-state index contributed by atoms with van der Waals surface area (Å²) in [5.74, 6) is -1.05. The molecule has 1 aromatic rings. The maximum absolute atomic E-state index is 12.1. The minimum Gasteiger partial charge on any atom is -0.480 e. The highest BCUT2D eigenvalue weighted by Crippen LogP contribution is 2.22. The molecule has 0 aliphatic heterocycles. The van der Waals surface area contributed by atoms with Gasteiger partial charge in [-0.15, -0.1) is 11.3 Å².